The Hall–Kier alpha value is -0.500. The number of hydrogen-bond donors (Lipinski definition) is 0. The van der Waals surface area contributed by atoms with Crippen molar-refractivity contribution in [3.8, 4) is 5.75 Å². The van der Waals surface area contributed by atoms with Crippen LogP contribution in [0.3, 0.4) is 0 Å². The Morgan fingerprint density at radius 1 is 1.50 bits per heavy atom. The van der Waals surface area contributed by atoms with E-state index in [0.717, 1.165) is 18.1 Å². The summed E-state index contributed by atoms with van der Waals surface area (Å²) in [6.45, 7) is 0. The van der Waals surface area contributed by atoms with Gasteiger partial charge in [0.05, 0.1) is 7.11 Å². The van der Waals surface area contributed by atoms with E-state index in [1.165, 1.54) is 18.4 Å². The van der Waals surface area contributed by atoms with Gasteiger partial charge in [-0.25, -0.2) is 0 Å². The summed E-state index contributed by atoms with van der Waals surface area (Å²) in [4.78, 5) is 0.648. The van der Waals surface area contributed by atoms with Crippen LogP contribution >= 0.6 is 15.9 Å². The maximum absolute atomic E-state index is 5.20. The highest BCUT2D eigenvalue weighted by atomic mass is 79.9. The first-order valence-corrected chi connectivity index (χ1v) is 5.98. The number of alkyl halides is 1. The van der Waals surface area contributed by atoms with E-state index in [9.17, 15) is 0 Å². The van der Waals surface area contributed by atoms with Crippen molar-refractivity contribution in [3.63, 3.8) is 0 Å². The van der Waals surface area contributed by atoms with Crippen molar-refractivity contribution in [3.05, 3.63) is 29.8 Å². The van der Waals surface area contributed by atoms with Crippen molar-refractivity contribution in [1.29, 1.82) is 0 Å². The molecule has 1 aromatic rings. The second-order valence-corrected chi connectivity index (χ2v) is 5.09. The van der Waals surface area contributed by atoms with Gasteiger partial charge in [-0.15, -0.1) is 0 Å². The molecule has 1 atom stereocenters. The summed E-state index contributed by atoms with van der Waals surface area (Å²) in [6, 6.07) is 8.33. The van der Waals surface area contributed by atoms with Gasteiger partial charge in [0.15, 0.2) is 0 Å². The second kappa shape index (κ2) is 4.35. The van der Waals surface area contributed by atoms with Gasteiger partial charge in [-0.05, 0) is 42.9 Å². The third-order valence-corrected chi connectivity index (χ3v) is 3.77. The number of benzene rings is 1. The molecule has 0 radical (unpaired) electrons. The number of methoxy groups -OCH3 is 1. The maximum Gasteiger partial charge on any atom is 0.119 e. The van der Waals surface area contributed by atoms with E-state index < -0.39 is 0 Å². The highest BCUT2D eigenvalue weighted by Crippen LogP contribution is 2.38. The average molecular weight is 255 g/mol. The summed E-state index contributed by atoms with van der Waals surface area (Å²) in [7, 11) is 1.71. The van der Waals surface area contributed by atoms with Crippen LogP contribution in [0.15, 0.2) is 24.3 Å². The first-order chi connectivity index (χ1) is 6.79. The number of hydrogen-bond acceptors (Lipinski definition) is 1. The van der Waals surface area contributed by atoms with Gasteiger partial charge in [-0.3, -0.25) is 0 Å². The van der Waals surface area contributed by atoms with Crippen molar-refractivity contribution < 1.29 is 4.74 Å². The molecule has 0 N–H and O–H groups in total. The fraction of sp³-hybridized carbons (Fsp3) is 0.500. The standard InChI is InChI=1S/C12H15BrO/c1-14-11-4-2-3-9(7-11)8-12(13)10-5-6-10/h2-4,7,10,12H,5-6,8H2,1H3. The minimum Gasteiger partial charge on any atom is -0.497 e. The van der Waals surface area contributed by atoms with E-state index in [1.807, 2.05) is 6.07 Å². The van der Waals surface area contributed by atoms with Gasteiger partial charge in [0.25, 0.3) is 0 Å². The minimum absolute atomic E-state index is 0.648. The summed E-state index contributed by atoms with van der Waals surface area (Å²) in [5, 5.41) is 0. The molecular weight excluding hydrogens is 240 g/mol. The smallest absolute Gasteiger partial charge is 0.119 e. The molecule has 1 fully saturated rings. The van der Waals surface area contributed by atoms with Gasteiger partial charge in [-0.2, -0.15) is 0 Å². The summed E-state index contributed by atoms with van der Waals surface area (Å²) < 4.78 is 5.20. The summed E-state index contributed by atoms with van der Waals surface area (Å²) in [6.07, 6.45) is 3.89. The fourth-order valence-electron chi connectivity index (χ4n) is 1.65. The van der Waals surface area contributed by atoms with Crippen LogP contribution < -0.4 is 4.74 Å². The Balaban J connectivity index is 2.00. The Bertz CT molecular complexity index is 307. The van der Waals surface area contributed by atoms with E-state index in [4.69, 9.17) is 4.74 Å². The van der Waals surface area contributed by atoms with Gasteiger partial charge < -0.3 is 4.74 Å². The summed E-state index contributed by atoms with van der Waals surface area (Å²) in [5.74, 6) is 1.86. The van der Waals surface area contributed by atoms with Crippen molar-refractivity contribution in [2.45, 2.75) is 24.1 Å². The molecule has 0 bridgehead atoms. The van der Waals surface area contributed by atoms with Crippen molar-refractivity contribution in [1.82, 2.24) is 0 Å². The van der Waals surface area contributed by atoms with Gasteiger partial charge in [0, 0.05) is 4.83 Å². The molecule has 1 aliphatic carbocycles. The normalized spacial score (nSPS) is 17.9. The Morgan fingerprint density at radius 2 is 2.29 bits per heavy atom. The van der Waals surface area contributed by atoms with Crippen LogP contribution in [0.4, 0.5) is 0 Å². The Kier molecular flexibility index (Phi) is 3.12. The highest BCUT2D eigenvalue weighted by molar-refractivity contribution is 9.09. The average Bonchev–Trinajstić information content (AvgIpc) is 3.01. The van der Waals surface area contributed by atoms with Crippen LogP contribution in [-0.4, -0.2) is 11.9 Å². The van der Waals surface area contributed by atoms with Gasteiger partial charge in [-0.1, -0.05) is 28.1 Å². The van der Waals surface area contributed by atoms with Crippen LogP contribution in [0.1, 0.15) is 18.4 Å². The molecule has 76 valence electrons. The molecule has 0 spiro atoms. The predicted octanol–water partition coefficient (Wildman–Crippen LogP) is 3.41. The topological polar surface area (TPSA) is 9.23 Å². The van der Waals surface area contributed by atoms with E-state index >= 15 is 0 Å². The van der Waals surface area contributed by atoms with Crippen molar-refractivity contribution in [2.24, 2.45) is 5.92 Å². The fourth-order valence-corrected chi connectivity index (χ4v) is 2.55. The van der Waals surface area contributed by atoms with Crippen LogP contribution in [0.25, 0.3) is 0 Å². The lowest BCUT2D eigenvalue weighted by molar-refractivity contribution is 0.414. The van der Waals surface area contributed by atoms with Crippen LogP contribution in [0, 0.1) is 5.92 Å². The lowest BCUT2D eigenvalue weighted by Crippen LogP contribution is -2.04. The lowest BCUT2D eigenvalue weighted by Gasteiger charge is -2.09. The minimum atomic E-state index is 0.648. The quantitative estimate of drug-likeness (QED) is 0.749. The molecule has 1 saturated carbocycles. The lowest BCUT2D eigenvalue weighted by atomic mass is 10.1. The van der Waals surface area contributed by atoms with E-state index in [1.54, 1.807) is 7.11 Å². The number of halogens is 1. The third-order valence-electron chi connectivity index (χ3n) is 2.70. The molecule has 1 aliphatic rings. The zero-order valence-corrected chi connectivity index (χ0v) is 9.96. The Labute approximate surface area is 93.6 Å². The molecule has 0 aromatic heterocycles. The van der Waals surface area contributed by atoms with Crippen LogP contribution in [0.2, 0.25) is 0 Å². The summed E-state index contributed by atoms with van der Waals surface area (Å²) >= 11 is 3.75. The molecule has 0 aliphatic heterocycles. The van der Waals surface area contributed by atoms with Gasteiger partial charge >= 0.3 is 0 Å². The molecule has 2 rings (SSSR count). The molecule has 1 aromatic carbocycles. The first kappa shape index (κ1) is 10.0. The maximum atomic E-state index is 5.20. The SMILES string of the molecule is COc1cccc(CC(Br)C2CC2)c1. The Morgan fingerprint density at radius 3 is 2.93 bits per heavy atom. The molecule has 1 unspecified atom stereocenters. The van der Waals surface area contributed by atoms with Crippen LogP contribution in [0.5, 0.6) is 5.75 Å². The third kappa shape index (κ3) is 2.50. The largest absolute Gasteiger partial charge is 0.497 e. The molecule has 2 heteroatoms. The van der Waals surface area contributed by atoms with Crippen molar-refractivity contribution >= 4 is 15.9 Å². The molecule has 0 saturated heterocycles. The molecule has 0 heterocycles. The molecule has 14 heavy (non-hydrogen) atoms. The van der Waals surface area contributed by atoms with Crippen LogP contribution in [-0.2, 0) is 6.42 Å². The molecule has 0 amide bonds. The van der Waals surface area contributed by atoms with E-state index in [0.29, 0.717) is 4.83 Å². The van der Waals surface area contributed by atoms with Gasteiger partial charge in [0.1, 0.15) is 5.75 Å². The van der Waals surface area contributed by atoms with Crippen molar-refractivity contribution in [2.75, 3.05) is 7.11 Å². The molecule has 1 nitrogen and oxygen atoms in total. The summed E-state index contributed by atoms with van der Waals surface area (Å²) in [5.41, 5.74) is 1.36. The number of ether oxygens (including phenoxy) is 1. The second-order valence-electron chi connectivity index (χ2n) is 3.91. The highest BCUT2D eigenvalue weighted by Gasteiger charge is 2.29. The molecular formula is C12H15BrO. The van der Waals surface area contributed by atoms with E-state index in [2.05, 4.69) is 34.1 Å². The monoisotopic (exact) mass is 254 g/mol. The predicted molar refractivity (Wildman–Crippen MR) is 62.1 cm³/mol. The zero-order chi connectivity index (χ0) is 9.97. The van der Waals surface area contributed by atoms with E-state index in [-0.39, 0.29) is 0 Å². The van der Waals surface area contributed by atoms with Gasteiger partial charge in [0.2, 0.25) is 0 Å². The zero-order valence-electron chi connectivity index (χ0n) is 8.37. The number of rotatable bonds is 4. The first-order valence-electron chi connectivity index (χ1n) is 5.06.